The Morgan fingerprint density at radius 2 is 2.19 bits per heavy atom. The van der Waals surface area contributed by atoms with E-state index in [2.05, 4.69) is 16.8 Å². The van der Waals surface area contributed by atoms with Crippen LogP contribution in [0.15, 0.2) is 17.8 Å². The second-order valence-corrected chi connectivity index (χ2v) is 4.13. The quantitative estimate of drug-likeness (QED) is 0.392. The predicted molar refractivity (Wildman–Crippen MR) is 63.5 cm³/mol. The Morgan fingerprint density at radius 1 is 1.38 bits per heavy atom. The van der Waals surface area contributed by atoms with Gasteiger partial charge in [0.2, 0.25) is 0 Å². The van der Waals surface area contributed by atoms with Gasteiger partial charge in [-0.05, 0) is 0 Å². The summed E-state index contributed by atoms with van der Waals surface area (Å²) < 4.78 is 12.1. The highest BCUT2D eigenvalue weighted by molar-refractivity contribution is 7.99. The van der Waals surface area contributed by atoms with Crippen molar-refractivity contribution in [1.29, 1.82) is 0 Å². The summed E-state index contributed by atoms with van der Waals surface area (Å²) in [6.45, 7) is 5.58. The second kappa shape index (κ2) is 7.43. The topological polar surface area (TPSA) is 49.2 Å². The van der Waals surface area contributed by atoms with Gasteiger partial charge in [-0.2, -0.15) is 0 Å². The molecule has 0 atom stereocenters. The van der Waals surface area contributed by atoms with Crippen molar-refractivity contribution in [2.75, 3.05) is 26.6 Å². The fraction of sp³-hybridized carbons (Fsp3) is 0.600. The molecule has 0 unspecified atom stereocenters. The van der Waals surface area contributed by atoms with Gasteiger partial charge in [-0.25, -0.2) is 0 Å². The van der Waals surface area contributed by atoms with Gasteiger partial charge in [0.1, 0.15) is 6.61 Å². The Balaban J connectivity index is 2.69. The van der Waals surface area contributed by atoms with E-state index in [1.807, 2.05) is 10.6 Å². The summed E-state index contributed by atoms with van der Waals surface area (Å²) in [4.78, 5) is 0. The van der Waals surface area contributed by atoms with E-state index in [1.165, 1.54) is 0 Å². The Bertz CT molecular complexity index is 328. The van der Waals surface area contributed by atoms with E-state index in [0.29, 0.717) is 19.8 Å². The summed E-state index contributed by atoms with van der Waals surface area (Å²) in [5.74, 6) is 1.68. The average Bonchev–Trinajstić information content (AvgIpc) is 2.64. The van der Waals surface area contributed by atoms with Crippen LogP contribution in [0.1, 0.15) is 5.82 Å². The van der Waals surface area contributed by atoms with E-state index in [1.54, 1.807) is 26.0 Å². The van der Waals surface area contributed by atoms with E-state index in [9.17, 15) is 0 Å². The molecule has 0 N–H and O–H groups in total. The molecule has 0 bridgehead atoms. The molecule has 0 aliphatic heterocycles. The standard InChI is InChI=1S/C10H17N3O2S/c1-4-5-13-9(8-15-3)11-12-10(13)16-7-6-14-2/h4H,1,5-8H2,2-3H3. The van der Waals surface area contributed by atoms with E-state index in [0.717, 1.165) is 16.7 Å². The van der Waals surface area contributed by atoms with Gasteiger partial charge in [0, 0.05) is 26.5 Å². The number of nitrogens with zero attached hydrogens (tertiary/aromatic N) is 3. The monoisotopic (exact) mass is 243 g/mol. The Labute approximate surface area is 99.8 Å². The van der Waals surface area contributed by atoms with Crippen LogP contribution in [0, 0.1) is 0 Å². The molecule has 0 saturated carbocycles. The van der Waals surface area contributed by atoms with Crippen molar-refractivity contribution in [1.82, 2.24) is 14.8 Å². The van der Waals surface area contributed by atoms with Crippen LogP contribution < -0.4 is 0 Å². The maximum Gasteiger partial charge on any atom is 0.191 e. The summed E-state index contributed by atoms with van der Waals surface area (Å²) in [5.41, 5.74) is 0. The minimum atomic E-state index is 0.464. The van der Waals surface area contributed by atoms with Crippen molar-refractivity contribution in [3.05, 3.63) is 18.5 Å². The zero-order valence-corrected chi connectivity index (χ0v) is 10.5. The zero-order valence-electron chi connectivity index (χ0n) is 9.68. The fourth-order valence-corrected chi connectivity index (χ4v) is 2.06. The van der Waals surface area contributed by atoms with Crippen LogP contribution in [0.2, 0.25) is 0 Å². The van der Waals surface area contributed by atoms with Crippen LogP contribution in [-0.2, 0) is 22.6 Å². The van der Waals surface area contributed by atoms with Gasteiger partial charge >= 0.3 is 0 Å². The molecule has 0 saturated heterocycles. The van der Waals surface area contributed by atoms with E-state index >= 15 is 0 Å². The number of allylic oxidation sites excluding steroid dienone is 1. The first kappa shape index (κ1) is 13.2. The van der Waals surface area contributed by atoms with Crippen LogP contribution >= 0.6 is 11.8 Å². The number of aromatic nitrogens is 3. The van der Waals surface area contributed by atoms with Gasteiger partial charge in [-0.15, -0.1) is 16.8 Å². The lowest BCUT2D eigenvalue weighted by atomic mass is 10.5. The van der Waals surface area contributed by atoms with Crippen molar-refractivity contribution >= 4 is 11.8 Å². The second-order valence-electron chi connectivity index (χ2n) is 3.07. The number of hydrogen-bond acceptors (Lipinski definition) is 5. The predicted octanol–water partition coefficient (Wildman–Crippen LogP) is 1.35. The minimum absolute atomic E-state index is 0.464. The first-order chi connectivity index (χ1) is 7.83. The molecule has 0 aromatic carbocycles. The molecule has 90 valence electrons. The van der Waals surface area contributed by atoms with Crippen LogP contribution in [0.25, 0.3) is 0 Å². The molecule has 16 heavy (non-hydrogen) atoms. The summed E-state index contributed by atoms with van der Waals surface area (Å²) in [6, 6.07) is 0. The maximum atomic E-state index is 5.06. The number of ether oxygens (including phenoxy) is 2. The first-order valence-electron chi connectivity index (χ1n) is 4.97. The van der Waals surface area contributed by atoms with Crippen molar-refractivity contribution in [3.63, 3.8) is 0 Å². The average molecular weight is 243 g/mol. The molecule has 1 rings (SSSR count). The van der Waals surface area contributed by atoms with Crippen LogP contribution in [-0.4, -0.2) is 41.3 Å². The lowest BCUT2D eigenvalue weighted by molar-refractivity contribution is 0.174. The smallest absolute Gasteiger partial charge is 0.191 e. The van der Waals surface area contributed by atoms with E-state index < -0.39 is 0 Å². The number of rotatable bonds is 8. The summed E-state index contributed by atoms with van der Waals surface area (Å²) in [7, 11) is 3.33. The van der Waals surface area contributed by atoms with Crippen LogP contribution in [0.4, 0.5) is 0 Å². The third-order valence-corrected chi connectivity index (χ3v) is 2.83. The molecule has 1 aromatic heterocycles. The largest absolute Gasteiger partial charge is 0.384 e. The zero-order chi connectivity index (χ0) is 11.8. The molecule has 0 aliphatic rings. The van der Waals surface area contributed by atoms with Gasteiger partial charge in [-0.3, -0.25) is 0 Å². The number of methoxy groups -OCH3 is 2. The molecule has 1 aromatic rings. The summed E-state index contributed by atoms with van der Waals surface area (Å²) >= 11 is 1.62. The van der Waals surface area contributed by atoms with Crippen molar-refractivity contribution in [2.45, 2.75) is 18.3 Å². The highest BCUT2D eigenvalue weighted by Crippen LogP contribution is 2.17. The SMILES string of the molecule is C=CCn1c(COC)nnc1SCCOC. The minimum Gasteiger partial charge on any atom is -0.384 e. The van der Waals surface area contributed by atoms with Gasteiger partial charge in [-0.1, -0.05) is 17.8 Å². The molecule has 0 amide bonds. The molecule has 0 fully saturated rings. The molecule has 0 radical (unpaired) electrons. The van der Waals surface area contributed by atoms with Gasteiger partial charge in [0.15, 0.2) is 11.0 Å². The molecular formula is C10H17N3O2S. The third kappa shape index (κ3) is 3.62. The van der Waals surface area contributed by atoms with E-state index in [-0.39, 0.29) is 0 Å². The van der Waals surface area contributed by atoms with Gasteiger partial charge < -0.3 is 14.0 Å². The normalized spacial score (nSPS) is 10.6. The molecule has 0 aliphatic carbocycles. The van der Waals surface area contributed by atoms with Crippen LogP contribution in [0.3, 0.4) is 0 Å². The van der Waals surface area contributed by atoms with E-state index in [4.69, 9.17) is 9.47 Å². The van der Waals surface area contributed by atoms with Crippen molar-refractivity contribution < 1.29 is 9.47 Å². The molecule has 1 heterocycles. The summed E-state index contributed by atoms with van der Waals surface area (Å²) in [5, 5.41) is 9.08. The Kier molecular flexibility index (Phi) is 6.14. The third-order valence-electron chi connectivity index (χ3n) is 1.90. The molecule has 0 spiro atoms. The van der Waals surface area contributed by atoms with Crippen molar-refractivity contribution in [2.24, 2.45) is 0 Å². The van der Waals surface area contributed by atoms with Crippen LogP contribution in [0.5, 0.6) is 0 Å². The Morgan fingerprint density at radius 3 is 2.81 bits per heavy atom. The fourth-order valence-electron chi connectivity index (χ4n) is 1.19. The highest BCUT2D eigenvalue weighted by Gasteiger charge is 2.10. The number of thioether (sulfide) groups is 1. The maximum absolute atomic E-state index is 5.06. The first-order valence-corrected chi connectivity index (χ1v) is 5.95. The molecular weight excluding hydrogens is 226 g/mol. The lowest BCUT2D eigenvalue weighted by Gasteiger charge is -2.06. The highest BCUT2D eigenvalue weighted by atomic mass is 32.2. The lowest BCUT2D eigenvalue weighted by Crippen LogP contribution is -2.05. The van der Waals surface area contributed by atoms with Gasteiger partial charge in [0.25, 0.3) is 0 Å². The Hall–Kier alpha value is -0.850. The van der Waals surface area contributed by atoms with Gasteiger partial charge in [0.05, 0.1) is 6.61 Å². The van der Waals surface area contributed by atoms with Crippen molar-refractivity contribution in [3.8, 4) is 0 Å². The summed E-state index contributed by atoms with van der Waals surface area (Å²) in [6.07, 6.45) is 1.82. The molecule has 6 heteroatoms. The number of hydrogen-bond donors (Lipinski definition) is 0. The molecule has 5 nitrogen and oxygen atoms in total.